The first kappa shape index (κ1) is 18.9. The Kier molecular flexibility index (Phi) is 5.77. The second-order valence-corrected chi connectivity index (χ2v) is 7.34. The number of carbonyl (C=O) groups excluding carboxylic acids is 3. The van der Waals surface area contributed by atoms with Crippen molar-refractivity contribution in [2.24, 2.45) is 11.8 Å². The minimum atomic E-state index is -0.696. The van der Waals surface area contributed by atoms with Crippen molar-refractivity contribution in [2.45, 2.75) is 4.90 Å². The van der Waals surface area contributed by atoms with E-state index >= 15 is 0 Å². The van der Waals surface area contributed by atoms with Crippen molar-refractivity contribution >= 4 is 29.3 Å². The Morgan fingerprint density at radius 3 is 2.74 bits per heavy atom. The van der Waals surface area contributed by atoms with Gasteiger partial charge < -0.3 is 9.64 Å². The first-order chi connectivity index (χ1) is 13.0. The molecule has 1 heterocycles. The highest BCUT2D eigenvalue weighted by molar-refractivity contribution is 8.00. The fourth-order valence-electron chi connectivity index (χ4n) is 3.06. The van der Waals surface area contributed by atoms with Crippen molar-refractivity contribution in [3.05, 3.63) is 53.8 Å². The number of fused-ring (bicyclic) bond motifs is 1. The molecular formula is C20H18N2O4S. The summed E-state index contributed by atoms with van der Waals surface area (Å²) in [5, 5.41) is 9.01. The van der Waals surface area contributed by atoms with Crippen molar-refractivity contribution in [1.29, 1.82) is 5.26 Å². The molecule has 0 N–H and O–H groups in total. The lowest BCUT2D eigenvalue weighted by Crippen LogP contribution is -2.31. The molecule has 0 saturated carbocycles. The van der Waals surface area contributed by atoms with Crippen LogP contribution in [0.15, 0.2) is 53.1 Å². The Hall–Kier alpha value is -2.85. The molecule has 2 atom stereocenters. The molecule has 0 bridgehead atoms. The molecule has 2 unspecified atom stereocenters. The van der Waals surface area contributed by atoms with Gasteiger partial charge in [0.05, 0.1) is 31.4 Å². The number of hydrogen-bond acceptors (Lipinski definition) is 7. The first-order valence-corrected chi connectivity index (χ1v) is 9.40. The molecule has 1 aromatic carbocycles. The van der Waals surface area contributed by atoms with Gasteiger partial charge >= 0.3 is 5.97 Å². The average Bonchev–Trinajstić information content (AvgIpc) is 3.10. The van der Waals surface area contributed by atoms with E-state index in [2.05, 4.69) is 4.74 Å². The number of carbonyl (C=O) groups is 3. The largest absolute Gasteiger partial charge is 0.468 e. The van der Waals surface area contributed by atoms with E-state index in [0.717, 1.165) is 10.5 Å². The van der Waals surface area contributed by atoms with Crippen LogP contribution in [0.25, 0.3) is 0 Å². The number of Topliss-reactive ketones (excluding diaryl/α,β-unsaturated/α-hetero) is 2. The number of nitrogens with zero attached hydrogens (tertiary/aromatic N) is 2. The molecule has 0 radical (unpaired) electrons. The molecule has 0 aromatic heterocycles. The van der Waals surface area contributed by atoms with E-state index in [1.54, 1.807) is 36.4 Å². The number of hydrogen-bond donors (Lipinski definition) is 0. The van der Waals surface area contributed by atoms with Gasteiger partial charge in [-0.05, 0) is 17.7 Å². The third-order valence-corrected chi connectivity index (χ3v) is 5.51. The SMILES string of the molecule is COC(=O)CSc1ccc(C(=O)CN2C=C3C=CC(C#N)C(=O)C3C2)cc1. The van der Waals surface area contributed by atoms with Crippen molar-refractivity contribution in [3.63, 3.8) is 0 Å². The fourth-order valence-corrected chi connectivity index (χ4v) is 3.79. The molecule has 138 valence electrons. The first-order valence-electron chi connectivity index (χ1n) is 8.42. The zero-order valence-electron chi connectivity index (χ0n) is 14.8. The molecule has 27 heavy (non-hydrogen) atoms. The summed E-state index contributed by atoms with van der Waals surface area (Å²) in [5.41, 5.74) is 1.43. The number of nitriles is 1. The highest BCUT2D eigenvalue weighted by atomic mass is 32.2. The highest BCUT2D eigenvalue weighted by Crippen LogP contribution is 2.30. The topological polar surface area (TPSA) is 87.5 Å². The van der Waals surface area contributed by atoms with Crippen LogP contribution in [0.5, 0.6) is 0 Å². The molecule has 0 saturated heterocycles. The highest BCUT2D eigenvalue weighted by Gasteiger charge is 2.36. The number of benzene rings is 1. The van der Waals surface area contributed by atoms with Gasteiger partial charge in [0.2, 0.25) is 0 Å². The maximum atomic E-state index is 12.5. The number of allylic oxidation sites excluding steroid dienone is 2. The average molecular weight is 382 g/mol. The van der Waals surface area contributed by atoms with Crippen molar-refractivity contribution < 1.29 is 19.1 Å². The summed E-state index contributed by atoms with van der Waals surface area (Å²) in [6.07, 6.45) is 5.24. The molecule has 0 fully saturated rings. The smallest absolute Gasteiger partial charge is 0.315 e. The number of thioether (sulfide) groups is 1. The third-order valence-electron chi connectivity index (χ3n) is 4.53. The standard InChI is InChI=1S/C20H18N2O4S/c1-26-19(24)12-27-16-6-4-13(5-7-16)18(23)11-22-9-15-3-2-14(8-21)20(25)17(15)10-22/h2-7,9,14,17H,10-12H2,1H3. The van der Waals surface area contributed by atoms with Crippen LogP contribution in [-0.4, -0.2) is 48.4 Å². The molecule has 1 aliphatic heterocycles. The summed E-state index contributed by atoms with van der Waals surface area (Å²) in [6.45, 7) is 0.600. The Morgan fingerprint density at radius 2 is 2.07 bits per heavy atom. The lowest BCUT2D eigenvalue weighted by atomic mass is 9.84. The predicted octanol–water partition coefficient (Wildman–Crippen LogP) is 2.23. The summed E-state index contributed by atoms with van der Waals surface area (Å²) in [6, 6.07) is 9.05. The Labute approximate surface area is 161 Å². The van der Waals surface area contributed by atoms with Crippen molar-refractivity contribution in [3.8, 4) is 6.07 Å². The number of esters is 1. The van der Waals surface area contributed by atoms with Gasteiger partial charge in [-0.2, -0.15) is 5.26 Å². The van der Waals surface area contributed by atoms with Gasteiger partial charge in [0.1, 0.15) is 5.92 Å². The van der Waals surface area contributed by atoms with Gasteiger partial charge in [0.25, 0.3) is 0 Å². The minimum absolute atomic E-state index is 0.0525. The molecule has 1 aromatic rings. The molecule has 1 aliphatic carbocycles. The van der Waals surface area contributed by atoms with Crippen LogP contribution in [-0.2, 0) is 14.3 Å². The van der Waals surface area contributed by atoms with E-state index < -0.39 is 5.92 Å². The van der Waals surface area contributed by atoms with Crippen LogP contribution in [0.3, 0.4) is 0 Å². The Morgan fingerprint density at radius 1 is 1.33 bits per heavy atom. The van der Waals surface area contributed by atoms with Gasteiger partial charge in [0, 0.05) is 23.2 Å². The summed E-state index contributed by atoms with van der Waals surface area (Å²) < 4.78 is 4.60. The van der Waals surface area contributed by atoms with Gasteiger partial charge in [0.15, 0.2) is 11.6 Å². The van der Waals surface area contributed by atoms with Crippen LogP contribution in [0.1, 0.15) is 10.4 Å². The summed E-state index contributed by atoms with van der Waals surface area (Å²) in [4.78, 5) is 38.6. The molecule has 0 amide bonds. The van der Waals surface area contributed by atoms with E-state index in [0.29, 0.717) is 12.1 Å². The summed E-state index contributed by atoms with van der Waals surface area (Å²) in [7, 11) is 1.35. The maximum absolute atomic E-state index is 12.5. The fraction of sp³-hybridized carbons (Fsp3) is 0.300. The van der Waals surface area contributed by atoms with Gasteiger partial charge in [-0.25, -0.2) is 0 Å². The number of methoxy groups -OCH3 is 1. The quantitative estimate of drug-likeness (QED) is 0.423. The zero-order valence-corrected chi connectivity index (χ0v) is 15.6. The van der Waals surface area contributed by atoms with Gasteiger partial charge in [-0.3, -0.25) is 14.4 Å². The second kappa shape index (κ2) is 8.23. The number of rotatable bonds is 6. The molecule has 3 rings (SSSR count). The monoisotopic (exact) mass is 382 g/mol. The Bertz CT molecular complexity index is 867. The summed E-state index contributed by atoms with van der Waals surface area (Å²) in [5.74, 6) is -1.26. The molecule has 7 heteroatoms. The second-order valence-electron chi connectivity index (χ2n) is 6.29. The van der Waals surface area contributed by atoms with Crippen LogP contribution >= 0.6 is 11.8 Å². The lowest BCUT2D eigenvalue weighted by molar-refractivity contribution is -0.137. The van der Waals surface area contributed by atoms with E-state index in [4.69, 9.17) is 5.26 Å². The van der Waals surface area contributed by atoms with E-state index in [1.807, 2.05) is 17.2 Å². The predicted molar refractivity (Wildman–Crippen MR) is 99.9 cm³/mol. The molecule has 2 aliphatic rings. The normalized spacial score (nSPS) is 20.7. The number of ether oxygens (including phenoxy) is 1. The zero-order chi connectivity index (χ0) is 19.4. The number of ketones is 2. The van der Waals surface area contributed by atoms with Crippen molar-refractivity contribution in [1.82, 2.24) is 4.90 Å². The van der Waals surface area contributed by atoms with E-state index in [9.17, 15) is 14.4 Å². The lowest BCUT2D eigenvalue weighted by Gasteiger charge is -2.19. The molecule has 0 spiro atoms. The van der Waals surface area contributed by atoms with Crippen molar-refractivity contribution in [2.75, 3.05) is 26.0 Å². The third kappa shape index (κ3) is 4.29. The minimum Gasteiger partial charge on any atom is -0.468 e. The van der Waals surface area contributed by atoms with Crippen LogP contribution in [0.2, 0.25) is 0 Å². The summed E-state index contributed by atoms with van der Waals surface area (Å²) >= 11 is 1.35. The van der Waals surface area contributed by atoms with Crippen LogP contribution in [0, 0.1) is 23.2 Å². The maximum Gasteiger partial charge on any atom is 0.315 e. The van der Waals surface area contributed by atoms with Crippen LogP contribution in [0.4, 0.5) is 0 Å². The molecular weight excluding hydrogens is 364 g/mol. The van der Waals surface area contributed by atoms with Gasteiger partial charge in [-0.1, -0.05) is 24.3 Å². The van der Waals surface area contributed by atoms with E-state index in [-0.39, 0.29) is 35.8 Å². The van der Waals surface area contributed by atoms with Crippen LogP contribution < -0.4 is 0 Å². The van der Waals surface area contributed by atoms with E-state index in [1.165, 1.54) is 18.9 Å². The Balaban J connectivity index is 1.58. The molecule has 6 nitrogen and oxygen atoms in total. The van der Waals surface area contributed by atoms with Gasteiger partial charge in [-0.15, -0.1) is 11.8 Å².